The molecule has 1 amide bonds. The molecule has 4 N–H and O–H groups in total. The second kappa shape index (κ2) is 11.3. The number of aliphatic hydroxyl groups is 1. The van der Waals surface area contributed by atoms with Crippen molar-refractivity contribution in [2.75, 3.05) is 11.5 Å². The first-order valence-corrected chi connectivity index (χ1v) is 19.5. The van der Waals surface area contributed by atoms with Gasteiger partial charge < -0.3 is 19.5 Å². The number of amides is 1. The maximum atomic E-state index is 14.9. The highest BCUT2D eigenvalue weighted by molar-refractivity contribution is 6.71. The number of nitrogens with zero attached hydrogens (tertiary/aromatic N) is 3. The predicted molar refractivity (Wildman–Crippen MR) is 190 cm³/mol. The van der Waals surface area contributed by atoms with Crippen LogP contribution in [0.4, 0.5) is 5.69 Å². The molecule has 250 valence electrons. The lowest BCUT2D eigenvalue weighted by atomic mass is 9.82. The highest BCUT2D eigenvalue weighted by atomic mass is 28.4. The Bertz CT molecular complexity index is 2370. The minimum Gasteiger partial charge on any atom is -0.432 e. The van der Waals surface area contributed by atoms with Gasteiger partial charge in [-0.25, -0.2) is 9.36 Å². The minimum atomic E-state index is -2.89. The summed E-state index contributed by atoms with van der Waals surface area (Å²) in [6, 6.07) is 27.6. The maximum absolute atomic E-state index is 14.9. The molecule has 0 radical (unpaired) electrons. The lowest BCUT2D eigenvalue weighted by Gasteiger charge is -2.32. The number of H-pyrrole nitrogens is 2. The molecule has 0 unspecified atom stereocenters. The predicted octanol–water partition coefficient (Wildman–Crippen LogP) is 4.68. The van der Waals surface area contributed by atoms with E-state index in [-0.39, 0.29) is 42.1 Å². The van der Waals surface area contributed by atoms with Gasteiger partial charge >= 0.3 is 0 Å². The van der Waals surface area contributed by atoms with Crippen LogP contribution in [0.1, 0.15) is 24.5 Å². The Morgan fingerprint density at radius 3 is 1.96 bits per heavy atom. The van der Waals surface area contributed by atoms with Crippen LogP contribution >= 0.6 is 0 Å². The number of carbonyl (C=O) groups excluding carboxylic acids is 1. The van der Waals surface area contributed by atoms with Crippen LogP contribution in [0.5, 0.6) is 0 Å². The molecule has 0 bridgehead atoms. The summed E-state index contributed by atoms with van der Waals surface area (Å²) in [5.41, 5.74) is 2.66. The average Bonchev–Trinajstić information content (AvgIpc) is 3.77. The third-order valence-electron chi connectivity index (χ3n) is 10.4. The second-order valence-corrected chi connectivity index (χ2v) is 17.7. The summed E-state index contributed by atoms with van der Waals surface area (Å²) in [4.78, 5) is 54.5. The number of aliphatic hydroxyl groups excluding tert-OH is 1. The molecule has 2 aliphatic rings. The molecule has 4 aromatic carbocycles. The van der Waals surface area contributed by atoms with Gasteiger partial charge in [-0.1, -0.05) is 43.3 Å². The van der Waals surface area contributed by atoms with Crippen LogP contribution in [0.25, 0.3) is 33.2 Å². The zero-order valence-corrected chi connectivity index (χ0v) is 28.4. The second-order valence-electron chi connectivity index (χ2n) is 13.7. The Morgan fingerprint density at radius 1 is 0.816 bits per heavy atom. The van der Waals surface area contributed by atoms with Crippen LogP contribution in [0.15, 0.2) is 101 Å². The lowest BCUT2D eigenvalue weighted by Crippen LogP contribution is -2.46. The van der Waals surface area contributed by atoms with Gasteiger partial charge in [0.2, 0.25) is 0 Å². The third-order valence-corrected chi connectivity index (χ3v) is 12.9. The molecule has 6 aromatic rings. The molecular weight excluding hydrogens is 639 g/mol. The van der Waals surface area contributed by atoms with Crippen molar-refractivity contribution in [3.05, 3.63) is 123 Å². The Morgan fingerprint density at radius 2 is 1.39 bits per heavy atom. The van der Waals surface area contributed by atoms with E-state index in [0.717, 1.165) is 11.1 Å². The maximum Gasteiger partial charge on any atom is 0.279 e. The van der Waals surface area contributed by atoms with Gasteiger partial charge in [-0.15, -0.1) is 0 Å². The first kappa shape index (κ1) is 31.3. The van der Waals surface area contributed by atoms with Gasteiger partial charge in [0.05, 0.1) is 51.5 Å². The largest absolute Gasteiger partial charge is 0.432 e. The fourth-order valence-electron chi connectivity index (χ4n) is 8.17. The first-order chi connectivity index (χ1) is 23.5. The van der Waals surface area contributed by atoms with E-state index in [9.17, 15) is 24.3 Å². The zero-order chi connectivity index (χ0) is 34.2. The van der Waals surface area contributed by atoms with Crippen molar-refractivity contribution in [2.24, 2.45) is 5.92 Å². The molecule has 12 heteroatoms. The molecule has 0 saturated carbocycles. The summed E-state index contributed by atoms with van der Waals surface area (Å²) < 4.78 is 9.77. The molecule has 8 rings (SSSR count). The molecule has 0 aliphatic carbocycles. The lowest BCUT2D eigenvalue weighted by molar-refractivity contribution is -0.146. The SMILES string of the molecule is C[C@H]1[C@H]([Si](C)(C)O)[C@@H](CCO)O[C@]12C(=O)N(Cc1ccc(-n3[nH]c4ccccc4c3=O)cc1)c1ccc(-n3[nH]c4ccccc4c3=O)cc12. The van der Waals surface area contributed by atoms with Gasteiger partial charge in [0, 0.05) is 23.6 Å². The van der Waals surface area contributed by atoms with Gasteiger partial charge in [0.25, 0.3) is 17.0 Å². The van der Waals surface area contributed by atoms with E-state index in [1.165, 1.54) is 9.36 Å². The zero-order valence-electron chi connectivity index (χ0n) is 27.4. The van der Waals surface area contributed by atoms with Crippen molar-refractivity contribution in [1.29, 1.82) is 0 Å². The number of para-hydroxylation sites is 2. The summed E-state index contributed by atoms with van der Waals surface area (Å²) in [5, 5.41) is 17.5. The molecule has 49 heavy (non-hydrogen) atoms. The molecular formula is C37H37N5O6Si. The van der Waals surface area contributed by atoms with E-state index in [1.54, 1.807) is 17.0 Å². The Kier molecular flexibility index (Phi) is 7.19. The summed E-state index contributed by atoms with van der Waals surface area (Å²) in [7, 11) is -2.89. The average molecular weight is 676 g/mol. The van der Waals surface area contributed by atoms with E-state index in [4.69, 9.17) is 4.74 Å². The monoisotopic (exact) mass is 675 g/mol. The topological polar surface area (TPSA) is 146 Å². The summed E-state index contributed by atoms with van der Waals surface area (Å²) in [5.74, 6) is -0.673. The van der Waals surface area contributed by atoms with E-state index in [1.807, 2.05) is 98.9 Å². The number of aromatic amines is 2. The van der Waals surface area contributed by atoms with Gasteiger partial charge in [-0.05, 0) is 79.7 Å². The molecule has 2 aliphatic heterocycles. The molecule has 2 aromatic heterocycles. The highest BCUT2D eigenvalue weighted by Gasteiger charge is 2.66. The number of benzene rings is 4. The van der Waals surface area contributed by atoms with Crippen molar-refractivity contribution in [2.45, 2.75) is 50.2 Å². The number of carbonyl (C=O) groups is 1. The molecule has 4 heterocycles. The van der Waals surface area contributed by atoms with Crippen molar-refractivity contribution < 1.29 is 19.4 Å². The van der Waals surface area contributed by atoms with Gasteiger partial charge in [0.15, 0.2) is 13.9 Å². The number of hydrogen-bond acceptors (Lipinski definition) is 6. The Hall–Kier alpha value is -5.01. The number of ether oxygens (including phenoxy) is 1. The quantitative estimate of drug-likeness (QED) is 0.181. The molecule has 1 saturated heterocycles. The number of nitrogens with one attached hydrogen (secondary N) is 2. The normalized spacial score (nSPS) is 22.2. The van der Waals surface area contributed by atoms with Crippen LogP contribution in [-0.4, -0.2) is 56.4 Å². The van der Waals surface area contributed by atoms with Crippen molar-refractivity contribution in [1.82, 2.24) is 19.6 Å². The summed E-state index contributed by atoms with van der Waals surface area (Å²) in [6.45, 7) is 5.73. The van der Waals surface area contributed by atoms with Crippen LogP contribution in [-0.2, 0) is 21.7 Å². The van der Waals surface area contributed by atoms with Crippen molar-refractivity contribution in [3.63, 3.8) is 0 Å². The fraction of sp³-hybridized carbons (Fsp3) is 0.270. The number of fused-ring (bicyclic) bond motifs is 4. The smallest absolute Gasteiger partial charge is 0.279 e. The van der Waals surface area contributed by atoms with E-state index < -0.39 is 25.9 Å². The van der Waals surface area contributed by atoms with E-state index in [2.05, 4.69) is 10.2 Å². The van der Waals surface area contributed by atoms with Crippen molar-refractivity contribution >= 4 is 41.7 Å². The van der Waals surface area contributed by atoms with Gasteiger partial charge in [0.1, 0.15) is 0 Å². The summed E-state index contributed by atoms with van der Waals surface area (Å²) in [6.07, 6.45) is -0.247. The van der Waals surface area contributed by atoms with Crippen LogP contribution in [0, 0.1) is 5.92 Å². The molecule has 1 spiro atoms. The van der Waals surface area contributed by atoms with E-state index in [0.29, 0.717) is 38.9 Å². The van der Waals surface area contributed by atoms with Crippen LogP contribution in [0.3, 0.4) is 0 Å². The molecule has 11 nitrogen and oxygen atoms in total. The fourth-order valence-corrected chi connectivity index (χ4v) is 10.8. The first-order valence-electron chi connectivity index (χ1n) is 16.5. The van der Waals surface area contributed by atoms with E-state index >= 15 is 0 Å². The van der Waals surface area contributed by atoms with Crippen LogP contribution < -0.4 is 16.0 Å². The third kappa shape index (κ3) is 4.70. The molecule has 1 fully saturated rings. The number of hydrogen-bond donors (Lipinski definition) is 4. The van der Waals surface area contributed by atoms with Crippen molar-refractivity contribution in [3.8, 4) is 11.4 Å². The Labute approximate surface area is 282 Å². The molecule has 4 atom stereocenters. The Balaban J connectivity index is 1.22. The van der Waals surface area contributed by atoms with Gasteiger partial charge in [-0.3, -0.25) is 24.6 Å². The number of aromatic nitrogens is 4. The van der Waals surface area contributed by atoms with Gasteiger partial charge in [-0.2, -0.15) is 0 Å². The summed E-state index contributed by atoms with van der Waals surface area (Å²) >= 11 is 0. The minimum absolute atomic E-state index is 0.143. The van der Waals surface area contributed by atoms with Crippen LogP contribution in [0.2, 0.25) is 18.6 Å². The number of rotatable bonds is 7. The standard InChI is InChI=1S/C37H37N5O6Si/c1-22-33(49(2,3)47)32(18-19-43)48-37(22)28-20-25(42-35(45)27-9-5-7-11-30(27)39-42)16-17-31(28)40(36(37)46)21-23-12-14-24(15-13-23)41-34(44)26-8-4-6-10-29(26)38-41/h4-17,20,22,32-33,38-39,43,47H,18-19,21H2,1-3H3/t22-,32+,33-,37+/m0/s1. The number of anilines is 1. The highest BCUT2D eigenvalue weighted by Crippen LogP contribution is 2.60.